The van der Waals surface area contributed by atoms with E-state index in [2.05, 4.69) is 81.9 Å². The Hall–Kier alpha value is -2.76. The Bertz CT molecular complexity index is 1220. The Morgan fingerprint density at radius 3 is 2.29 bits per heavy atom. The van der Waals surface area contributed by atoms with E-state index in [-0.39, 0.29) is 18.3 Å². The lowest BCUT2D eigenvalue weighted by molar-refractivity contribution is 0.00578. The van der Waals surface area contributed by atoms with Crippen LogP contribution in [0.15, 0.2) is 71.3 Å². The van der Waals surface area contributed by atoms with Gasteiger partial charge in [0.05, 0.1) is 11.2 Å². The van der Waals surface area contributed by atoms with Gasteiger partial charge < -0.3 is 18.3 Å². The zero-order valence-corrected chi connectivity index (χ0v) is 18.8. The number of hydrogen-bond donors (Lipinski definition) is 0. The Labute approximate surface area is 183 Å². The maximum Gasteiger partial charge on any atom is 0.494 e. The average molecular weight is 413 g/mol. The second-order valence-electron chi connectivity index (χ2n) is 9.44. The molecule has 0 atom stereocenters. The summed E-state index contributed by atoms with van der Waals surface area (Å²) in [6.45, 7) is 8.34. The molecule has 158 valence electrons. The number of nitrogens with zero attached hydrogens (tertiary/aromatic N) is 1. The summed E-state index contributed by atoms with van der Waals surface area (Å²) in [6.07, 6.45) is 2.92. The zero-order chi connectivity index (χ0) is 21.8. The summed E-state index contributed by atoms with van der Waals surface area (Å²) in [6, 6.07) is 20.8. The van der Waals surface area contributed by atoms with Gasteiger partial charge in [-0.05, 0) is 56.9 Å². The first kappa shape index (κ1) is 20.2. The van der Waals surface area contributed by atoms with Gasteiger partial charge in [0.2, 0.25) is 0 Å². The molecular weight excluding hydrogens is 385 g/mol. The average Bonchev–Trinajstić information content (AvgIpc) is 3.38. The lowest BCUT2D eigenvalue weighted by Gasteiger charge is -2.32. The molecule has 3 heterocycles. The van der Waals surface area contributed by atoms with E-state index in [1.807, 2.05) is 24.3 Å². The van der Waals surface area contributed by atoms with Crippen molar-refractivity contribution >= 4 is 23.5 Å². The van der Waals surface area contributed by atoms with Crippen LogP contribution in [0.5, 0.6) is 0 Å². The monoisotopic (exact) mass is 413 g/mol. The van der Waals surface area contributed by atoms with Crippen molar-refractivity contribution in [2.45, 2.75) is 45.3 Å². The molecule has 0 radical (unpaired) electrons. The lowest BCUT2D eigenvalue weighted by atomic mass is 9.78. The van der Waals surface area contributed by atoms with Gasteiger partial charge in [-0.3, -0.25) is 0 Å². The number of rotatable bonds is 4. The minimum atomic E-state index is -0.365. The van der Waals surface area contributed by atoms with Gasteiger partial charge in [0, 0.05) is 36.1 Å². The maximum atomic E-state index is 6.27. The largest absolute Gasteiger partial charge is 0.494 e. The molecule has 0 amide bonds. The SMILES string of the molecule is Cn1cc(Cc2ccc(-c3ccccc3)o2)c2cc(B3OC(C)(C)C(C)(C)O3)ccc21. The maximum absolute atomic E-state index is 6.27. The third-order valence-corrected chi connectivity index (χ3v) is 6.71. The molecule has 0 unspecified atom stereocenters. The quantitative estimate of drug-likeness (QED) is 0.425. The number of furan rings is 1. The highest BCUT2D eigenvalue weighted by Gasteiger charge is 2.51. The second kappa shape index (κ2) is 7.15. The normalized spacial score (nSPS) is 17.5. The first-order valence-electron chi connectivity index (χ1n) is 10.8. The topological polar surface area (TPSA) is 36.5 Å². The third kappa shape index (κ3) is 3.52. The molecule has 4 nitrogen and oxygen atoms in total. The Balaban J connectivity index is 1.46. The van der Waals surface area contributed by atoms with E-state index in [9.17, 15) is 0 Å². The minimum absolute atomic E-state index is 0.353. The minimum Gasteiger partial charge on any atom is -0.461 e. The molecule has 0 aliphatic carbocycles. The van der Waals surface area contributed by atoms with Crippen LogP contribution in [0.1, 0.15) is 39.0 Å². The molecule has 1 saturated heterocycles. The summed E-state index contributed by atoms with van der Waals surface area (Å²) in [7, 11) is 1.72. The molecule has 0 spiro atoms. The molecule has 5 rings (SSSR count). The van der Waals surface area contributed by atoms with Crippen molar-refractivity contribution in [2.75, 3.05) is 0 Å². The molecule has 1 aliphatic heterocycles. The van der Waals surface area contributed by atoms with Gasteiger partial charge in [-0.15, -0.1) is 0 Å². The van der Waals surface area contributed by atoms with Crippen LogP contribution in [0.25, 0.3) is 22.2 Å². The molecule has 0 N–H and O–H groups in total. The van der Waals surface area contributed by atoms with Crippen molar-refractivity contribution in [3.8, 4) is 11.3 Å². The van der Waals surface area contributed by atoms with Gasteiger partial charge in [0.15, 0.2) is 0 Å². The highest BCUT2D eigenvalue weighted by molar-refractivity contribution is 6.62. The van der Waals surface area contributed by atoms with Gasteiger partial charge in [-0.2, -0.15) is 0 Å². The number of fused-ring (bicyclic) bond motifs is 1. The number of aromatic nitrogens is 1. The molecule has 31 heavy (non-hydrogen) atoms. The van der Waals surface area contributed by atoms with Crippen LogP contribution in [0.2, 0.25) is 0 Å². The second-order valence-corrected chi connectivity index (χ2v) is 9.44. The van der Waals surface area contributed by atoms with Crippen molar-refractivity contribution in [1.82, 2.24) is 4.57 Å². The van der Waals surface area contributed by atoms with Crippen molar-refractivity contribution in [3.63, 3.8) is 0 Å². The summed E-state index contributed by atoms with van der Waals surface area (Å²) >= 11 is 0. The van der Waals surface area contributed by atoms with E-state index in [0.717, 1.165) is 29.0 Å². The fraction of sp³-hybridized carbons (Fsp3) is 0.308. The fourth-order valence-electron chi connectivity index (χ4n) is 4.18. The van der Waals surface area contributed by atoms with Crippen LogP contribution in [-0.2, 0) is 22.8 Å². The van der Waals surface area contributed by atoms with E-state index in [1.165, 1.54) is 16.5 Å². The van der Waals surface area contributed by atoms with Crippen molar-refractivity contribution in [1.29, 1.82) is 0 Å². The zero-order valence-electron chi connectivity index (χ0n) is 18.8. The fourth-order valence-corrected chi connectivity index (χ4v) is 4.18. The number of benzene rings is 2. The Kier molecular flexibility index (Phi) is 4.65. The lowest BCUT2D eigenvalue weighted by Crippen LogP contribution is -2.41. The van der Waals surface area contributed by atoms with Crippen LogP contribution in [0, 0.1) is 0 Å². The highest BCUT2D eigenvalue weighted by Crippen LogP contribution is 2.37. The van der Waals surface area contributed by atoms with Gasteiger partial charge >= 0.3 is 7.12 Å². The van der Waals surface area contributed by atoms with Crippen LogP contribution in [0.4, 0.5) is 0 Å². The number of aryl methyl sites for hydroxylation is 1. The highest BCUT2D eigenvalue weighted by atomic mass is 16.7. The summed E-state index contributed by atoms with van der Waals surface area (Å²) < 4.78 is 20.9. The van der Waals surface area contributed by atoms with E-state index >= 15 is 0 Å². The standard InChI is InChI=1S/C26H28BNO3/c1-25(2)26(3,4)31-27(30-25)20-11-13-23-22(16-20)19(17-28(23)5)15-21-12-14-24(29-21)18-9-7-6-8-10-18/h6-14,16-17H,15H2,1-5H3. The van der Waals surface area contributed by atoms with Gasteiger partial charge in [-0.1, -0.05) is 42.5 Å². The summed E-state index contributed by atoms with van der Waals surface area (Å²) in [5, 5.41) is 1.20. The molecule has 5 heteroatoms. The molecule has 1 fully saturated rings. The predicted molar refractivity (Wildman–Crippen MR) is 126 cm³/mol. The predicted octanol–water partition coefficient (Wildman–Crippen LogP) is 5.33. The van der Waals surface area contributed by atoms with Crippen LogP contribution in [-0.4, -0.2) is 22.9 Å². The van der Waals surface area contributed by atoms with Crippen molar-refractivity contribution < 1.29 is 13.7 Å². The molecule has 4 aromatic rings. The first-order valence-corrected chi connectivity index (χ1v) is 10.8. The van der Waals surface area contributed by atoms with Gasteiger partial charge in [-0.25, -0.2) is 0 Å². The smallest absolute Gasteiger partial charge is 0.461 e. The molecular formula is C26H28BNO3. The molecule has 2 aromatic heterocycles. The van der Waals surface area contributed by atoms with Crippen LogP contribution in [0.3, 0.4) is 0 Å². The van der Waals surface area contributed by atoms with E-state index < -0.39 is 0 Å². The van der Waals surface area contributed by atoms with E-state index in [1.54, 1.807) is 0 Å². The molecule has 0 saturated carbocycles. The molecule has 1 aliphatic rings. The Morgan fingerprint density at radius 1 is 0.871 bits per heavy atom. The van der Waals surface area contributed by atoms with Crippen LogP contribution >= 0.6 is 0 Å². The summed E-state index contributed by atoms with van der Waals surface area (Å²) in [4.78, 5) is 0. The van der Waals surface area contributed by atoms with Crippen molar-refractivity contribution in [2.24, 2.45) is 7.05 Å². The number of hydrogen-bond acceptors (Lipinski definition) is 3. The first-order chi connectivity index (χ1) is 14.7. The Morgan fingerprint density at radius 2 is 1.58 bits per heavy atom. The van der Waals surface area contributed by atoms with Gasteiger partial charge in [0.1, 0.15) is 11.5 Å². The summed E-state index contributed by atoms with van der Waals surface area (Å²) in [5.41, 5.74) is 3.84. The molecule has 0 bridgehead atoms. The third-order valence-electron chi connectivity index (χ3n) is 6.71. The van der Waals surface area contributed by atoms with E-state index in [0.29, 0.717) is 0 Å². The van der Waals surface area contributed by atoms with Crippen molar-refractivity contribution in [3.05, 3.63) is 78.2 Å². The van der Waals surface area contributed by atoms with Crippen LogP contribution < -0.4 is 5.46 Å². The molecule has 2 aromatic carbocycles. The van der Waals surface area contributed by atoms with Gasteiger partial charge in [0.25, 0.3) is 0 Å². The van der Waals surface area contributed by atoms with E-state index in [4.69, 9.17) is 13.7 Å². The summed E-state index contributed by atoms with van der Waals surface area (Å²) in [5.74, 6) is 1.85.